The third-order valence-electron chi connectivity index (χ3n) is 2.73. The summed E-state index contributed by atoms with van der Waals surface area (Å²) >= 11 is 0. The molecule has 1 rings (SSSR count). The molecule has 0 aromatic carbocycles. The molecule has 0 saturated heterocycles. The first-order valence-electron chi connectivity index (χ1n) is 4.99. The molecule has 1 N–H and O–H groups in total. The number of aliphatic hydroxyl groups excluding tert-OH is 1. The van der Waals surface area contributed by atoms with Crippen LogP contribution in [-0.4, -0.2) is 11.7 Å². The summed E-state index contributed by atoms with van der Waals surface area (Å²) in [6.45, 7) is 2.67. The zero-order valence-corrected chi connectivity index (χ0v) is 7.55. The molecule has 2 atom stereocenters. The number of rotatable bonds is 6. The molecule has 0 heterocycles. The monoisotopic (exact) mass is 156 g/mol. The van der Waals surface area contributed by atoms with E-state index in [4.69, 9.17) is 5.11 Å². The molecule has 1 aliphatic carbocycles. The maximum absolute atomic E-state index is 8.78. The van der Waals surface area contributed by atoms with Gasteiger partial charge in [0, 0.05) is 6.61 Å². The van der Waals surface area contributed by atoms with E-state index in [2.05, 4.69) is 6.92 Å². The molecular weight excluding hydrogens is 136 g/mol. The molecule has 0 aromatic heterocycles. The Balaban J connectivity index is 1.82. The molecule has 66 valence electrons. The highest BCUT2D eigenvalue weighted by Crippen LogP contribution is 2.41. The zero-order valence-electron chi connectivity index (χ0n) is 7.55. The van der Waals surface area contributed by atoms with Crippen LogP contribution in [0.25, 0.3) is 0 Å². The largest absolute Gasteiger partial charge is 0.396 e. The Morgan fingerprint density at radius 1 is 1.18 bits per heavy atom. The predicted octanol–water partition coefficient (Wildman–Crippen LogP) is 2.59. The summed E-state index contributed by atoms with van der Waals surface area (Å²) < 4.78 is 0. The van der Waals surface area contributed by atoms with Crippen LogP contribution in [0, 0.1) is 11.8 Å². The summed E-state index contributed by atoms with van der Waals surface area (Å²) in [4.78, 5) is 0. The lowest BCUT2D eigenvalue weighted by Gasteiger charge is -1.97. The van der Waals surface area contributed by atoms with Gasteiger partial charge in [-0.25, -0.2) is 0 Å². The molecule has 0 aliphatic heterocycles. The van der Waals surface area contributed by atoms with Crippen LogP contribution in [0.15, 0.2) is 0 Å². The van der Waals surface area contributed by atoms with Crippen LogP contribution < -0.4 is 0 Å². The van der Waals surface area contributed by atoms with Crippen LogP contribution in [0.5, 0.6) is 0 Å². The summed E-state index contributed by atoms with van der Waals surface area (Å²) in [6.07, 6.45) is 8.15. The van der Waals surface area contributed by atoms with E-state index in [-0.39, 0.29) is 0 Å². The Hall–Kier alpha value is -0.0400. The van der Waals surface area contributed by atoms with Gasteiger partial charge in [-0.2, -0.15) is 0 Å². The lowest BCUT2D eigenvalue weighted by Crippen LogP contribution is -1.88. The van der Waals surface area contributed by atoms with Crippen LogP contribution in [0.2, 0.25) is 0 Å². The van der Waals surface area contributed by atoms with Crippen molar-refractivity contribution in [1.82, 2.24) is 0 Å². The number of hydrogen-bond donors (Lipinski definition) is 1. The molecule has 11 heavy (non-hydrogen) atoms. The Labute approximate surface area is 69.8 Å². The third-order valence-corrected chi connectivity index (χ3v) is 2.73. The average molecular weight is 156 g/mol. The highest BCUT2D eigenvalue weighted by molar-refractivity contribution is 4.84. The van der Waals surface area contributed by atoms with Crippen LogP contribution in [0.4, 0.5) is 0 Å². The summed E-state index contributed by atoms with van der Waals surface area (Å²) in [5.41, 5.74) is 0. The Kier molecular flexibility index (Phi) is 3.92. The van der Waals surface area contributed by atoms with Crippen LogP contribution >= 0.6 is 0 Å². The van der Waals surface area contributed by atoms with Crippen LogP contribution in [-0.2, 0) is 0 Å². The first kappa shape index (κ1) is 9.05. The van der Waals surface area contributed by atoms with E-state index in [0.29, 0.717) is 12.5 Å². The molecule has 1 aliphatic rings. The van der Waals surface area contributed by atoms with Gasteiger partial charge in [0.05, 0.1) is 0 Å². The molecular formula is C10H20O. The maximum atomic E-state index is 8.78. The molecule has 0 unspecified atom stereocenters. The Morgan fingerprint density at radius 3 is 2.55 bits per heavy atom. The predicted molar refractivity (Wildman–Crippen MR) is 47.4 cm³/mol. The van der Waals surface area contributed by atoms with E-state index in [1.54, 1.807) is 0 Å². The highest BCUT2D eigenvalue weighted by atomic mass is 16.3. The molecule has 1 heteroatoms. The Bertz CT molecular complexity index is 101. The fourth-order valence-corrected chi connectivity index (χ4v) is 1.72. The van der Waals surface area contributed by atoms with Gasteiger partial charge in [-0.1, -0.05) is 39.0 Å². The van der Waals surface area contributed by atoms with Crippen molar-refractivity contribution in [3.8, 4) is 0 Å². The fourth-order valence-electron chi connectivity index (χ4n) is 1.72. The van der Waals surface area contributed by atoms with Gasteiger partial charge in [-0.15, -0.1) is 0 Å². The van der Waals surface area contributed by atoms with Gasteiger partial charge >= 0.3 is 0 Å². The molecule has 1 saturated carbocycles. The van der Waals surface area contributed by atoms with Gasteiger partial charge in [0.1, 0.15) is 0 Å². The van der Waals surface area contributed by atoms with E-state index in [1.165, 1.54) is 38.5 Å². The summed E-state index contributed by atoms with van der Waals surface area (Å²) in [5.74, 6) is 1.56. The van der Waals surface area contributed by atoms with Crippen LogP contribution in [0.3, 0.4) is 0 Å². The van der Waals surface area contributed by atoms with Gasteiger partial charge in [0.2, 0.25) is 0 Å². The topological polar surface area (TPSA) is 20.2 Å². The van der Waals surface area contributed by atoms with E-state index in [1.807, 2.05) is 0 Å². The summed E-state index contributed by atoms with van der Waals surface area (Å²) in [6, 6.07) is 0. The number of hydrogen-bond acceptors (Lipinski definition) is 1. The second-order valence-corrected chi connectivity index (χ2v) is 3.79. The molecule has 1 fully saturated rings. The molecule has 0 aromatic rings. The molecule has 0 radical (unpaired) electrons. The molecule has 1 nitrogen and oxygen atoms in total. The smallest absolute Gasteiger partial charge is 0.0462 e. The minimum atomic E-state index is 0.429. The van der Waals surface area contributed by atoms with Crippen molar-refractivity contribution < 1.29 is 5.11 Å². The maximum Gasteiger partial charge on any atom is 0.0462 e. The number of unbranched alkanes of at least 4 members (excludes halogenated alkanes) is 3. The lowest BCUT2D eigenvalue weighted by atomic mass is 10.1. The van der Waals surface area contributed by atoms with Crippen molar-refractivity contribution >= 4 is 0 Å². The first-order chi connectivity index (χ1) is 5.38. The quantitative estimate of drug-likeness (QED) is 0.586. The molecule has 0 bridgehead atoms. The van der Waals surface area contributed by atoms with Gasteiger partial charge in [-0.3, -0.25) is 0 Å². The van der Waals surface area contributed by atoms with Gasteiger partial charge < -0.3 is 5.11 Å². The van der Waals surface area contributed by atoms with E-state index in [0.717, 1.165) is 5.92 Å². The molecule has 0 amide bonds. The normalized spacial score (nSPS) is 28.9. The van der Waals surface area contributed by atoms with E-state index >= 15 is 0 Å². The summed E-state index contributed by atoms with van der Waals surface area (Å²) in [7, 11) is 0. The van der Waals surface area contributed by atoms with Crippen molar-refractivity contribution in [3.05, 3.63) is 0 Å². The first-order valence-corrected chi connectivity index (χ1v) is 4.99. The average Bonchev–Trinajstić information content (AvgIpc) is 2.77. The fraction of sp³-hybridized carbons (Fsp3) is 1.00. The Morgan fingerprint density at radius 2 is 2.00 bits per heavy atom. The van der Waals surface area contributed by atoms with Crippen molar-refractivity contribution in [3.63, 3.8) is 0 Å². The second kappa shape index (κ2) is 4.76. The SMILES string of the molecule is CCCCCC[C@@H]1C[C@@H]1CO. The standard InChI is InChI=1S/C10H20O/c1-2-3-4-5-6-9-7-10(9)8-11/h9-11H,2-8H2,1H3/t9-,10-/m1/s1. The second-order valence-electron chi connectivity index (χ2n) is 3.79. The zero-order chi connectivity index (χ0) is 8.10. The lowest BCUT2D eigenvalue weighted by molar-refractivity contribution is 0.267. The van der Waals surface area contributed by atoms with Crippen molar-refractivity contribution in [2.24, 2.45) is 11.8 Å². The van der Waals surface area contributed by atoms with Crippen LogP contribution in [0.1, 0.15) is 45.4 Å². The summed E-state index contributed by atoms with van der Waals surface area (Å²) in [5, 5.41) is 8.78. The minimum Gasteiger partial charge on any atom is -0.396 e. The van der Waals surface area contributed by atoms with Crippen molar-refractivity contribution in [2.75, 3.05) is 6.61 Å². The van der Waals surface area contributed by atoms with Gasteiger partial charge in [0.25, 0.3) is 0 Å². The highest BCUT2D eigenvalue weighted by Gasteiger charge is 2.34. The van der Waals surface area contributed by atoms with E-state index in [9.17, 15) is 0 Å². The number of aliphatic hydroxyl groups is 1. The minimum absolute atomic E-state index is 0.429. The van der Waals surface area contributed by atoms with Gasteiger partial charge in [0.15, 0.2) is 0 Å². The molecule has 0 spiro atoms. The third kappa shape index (κ3) is 3.24. The van der Waals surface area contributed by atoms with Crippen molar-refractivity contribution in [2.45, 2.75) is 45.4 Å². The van der Waals surface area contributed by atoms with E-state index < -0.39 is 0 Å². The van der Waals surface area contributed by atoms with Crippen molar-refractivity contribution in [1.29, 1.82) is 0 Å². The van der Waals surface area contributed by atoms with Gasteiger partial charge in [-0.05, 0) is 18.3 Å².